The number of aliphatic hydroxyl groups excluding tert-OH is 1. The molecule has 0 heterocycles. The van der Waals surface area contributed by atoms with E-state index >= 15 is 0 Å². The van der Waals surface area contributed by atoms with E-state index in [9.17, 15) is 5.11 Å². The molecular formula is C29H48O. The molecule has 0 aromatic rings. The summed E-state index contributed by atoms with van der Waals surface area (Å²) in [6, 6.07) is 0. The first kappa shape index (κ1) is 22.6. The van der Waals surface area contributed by atoms with Crippen molar-refractivity contribution >= 4 is 0 Å². The predicted molar refractivity (Wildman–Crippen MR) is 128 cm³/mol. The van der Waals surface area contributed by atoms with E-state index in [0.29, 0.717) is 16.7 Å². The molecule has 1 N–H and O–H groups in total. The summed E-state index contributed by atoms with van der Waals surface area (Å²) in [5.74, 6) is 5.70. The average Bonchev–Trinajstić information content (AvgIpc) is 3.06. The van der Waals surface area contributed by atoms with E-state index in [1.165, 1.54) is 44.9 Å². The van der Waals surface area contributed by atoms with Crippen molar-refractivity contribution in [1.29, 1.82) is 0 Å². The second kappa shape index (κ2) is 8.42. The third kappa shape index (κ3) is 3.66. The minimum atomic E-state index is -0.0870. The predicted octanol–water partition coefficient (Wildman–Crippen LogP) is 7.80. The fourth-order valence-corrected chi connectivity index (χ4v) is 8.83. The Kier molecular flexibility index (Phi) is 6.35. The van der Waals surface area contributed by atoms with Crippen molar-refractivity contribution in [3.63, 3.8) is 0 Å². The van der Waals surface area contributed by atoms with Crippen LogP contribution in [0.5, 0.6) is 0 Å². The molecule has 0 aromatic carbocycles. The Morgan fingerprint density at radius 3 is 2.50 bits per heavy atom. The van der Waals surface area contributed by atoms with Crippen molar-refractivity contribution in [1.82, 2.24) is 0 Å². The molecule has 4 rings (SSSR count). The topological polar surface area (TPSA) is 20.2 Å². The van der Waals surface area contributed by atoms with Crippen molar-refractivity contribution in [3.05, 3.63) is 23.8 Å². The van der Waals surface area contributed by atoms with Crippen LogP contribution in [-0.2, 0) is 0 Å². The molecule has 0 radical (unpaired) electrons. The van der Waals surface area contributed by atoms with Crippen molar-refractivity contribution in [2.24, 2.45) is 52.3 Å². The van der Waals surface area contributed by atoms with Gasteiger partial charge in [0.25, 0.3) is 0 Å². The highest BCUT2D eigenvalue weighted by Crippen LogP contribution is 2.67. The van der Waals surface area contributed by atoms with E-state index in [0.717, 1.165) is 48.3 Å². The van der Waals surface area contributed by atoms with Gasteiger partial charge >= 0.3 is 0 Å². The van der Waals surface area contributed by atoms with Crippen LogP contribution in [0.15, 0.2) is 23.8 Å². The Morgan fingerprint density at radius 1 is 1.03 bits per heavy atom. The SMILES string of the molecule is CC[C@@H](/C=C/[C@H](C)C1CC[C@H]2[C@@H]3CC=C4C[C@@H](O)CC[C@]4(C)[C@H]3CC[C@]12C)C(C)C. The first-order valence-electron chi connectivity index (χ1n) is 13.3. The lowest BCUT2D eigenvalue weighted by molar-refractivity contribution is -0.0540. The maximum absolute atomic E-state index is 10.2. The van der Waals surface area contributed by atoms with Crippen LogP contribution in [0.2, 0.25) is 0 Å². The quantitative estimate of drug-likeness (QED) is 0.457. The first-order chi connectivity index (χ1) is 14.2. The summed E-state index contributed by atoms with van der Waals surface area (Å²) in [5.41, 5.74) is 2.51. The van der Waals surface area contributed by atoms with Gasteiger partial charge in [-0.15, -0.1) is 0 Å². The van der Waals surface area contributed by atoms with Gasteiger partial charge in [-0.1, -0.05) is 65.3 Å². The van der Waals surface area contributed by atoms with Crippen LogP contribution >= 0.6 is 0 Å². The summed E-state index contributed by atoms with van der Waals surface area (Å²) in [5, 5.41) is 10.2. The Morgan fingerprint density at radius 2 is 1.80 bits per heavy atom. The fourth-order valence-electron chi connectivity index (χ4n) is 8.83. The smallest absolute Gasteiger partial charge is 0.0577 e. The molecule has 1 unspecified atom stereocenters. The third-order valence-corrected chi connectivity index (χ3v) is 10.8. The maximum atomic E-state index is 10.2. The third-order valence-electron chi connectivity index (χ3n) is 10.8. The summed E-state index contributed by atoms with van der Waals surface area (Å²) < 4.78 is 0. The summed E-state index contributed by atoms with van der Waals surface area (Å²) in [6.07, 6.45) is 19.1. The van der Waals surface area contributed by atoms with Crippen LogP contribution < -0.4 is 0 Å². The van der Waals surface area contributed by atoms with E-state index in [2.05, 4.69) is 59.8 Å². The van der Waals surface area contributed by atoms with Crippen LogP contribution in [0, 0.1) is 52.3 Å². The van der Waals surface area contributed by atoms with Crippen LogP contribution in [0.4, 0.5) is 0 Å². The van der Waals surface area contributed by atoms with Gasteiger partial charge in [0.05, 0.1) is 6.10 Å². The largest absolute Gasteiger partial charge is 0.393 e. The maximum Gasteiger partial charge on any atom is 0.0577 e. The molecule has 3 saturated carbocycles. The van der Waals surface area contributed by atoms with Gasteiger partial charge in [0, 0.05) is 0 Å². The molecule has 0 aliphatic heterocycles. The lowest BCUT2D eigenvalue weighted by Crippen LogP contribution is -2.50. The van der Waals surface area contributed by atoms with Crippen LogP contribution in [-0.4, -0.2) is 11.2 Å². The molecule has 0 spiro atoms. The summed E-state index contributed by atoms with van der Waals surface area (Å²) >= 11 is 0. The van der Waals surface area contributed by atoms with Crippen LogP contribution in [0.25, 0.3) is 0 Å². The highest BCUT2D eigenvalue weighted by Gasteiger charge is 2.58. The molecule has 4 aliphatic rings. The van der Waals surface area contributed by atoms with Gasteiger partial charge in [0.1, 0.15) is 0 Å². The highest BCUT2D eigenvalue weighted by molar-refractivity contribution is 5.25. The monoisotopic (exact) mass is 412 g/mol. The van der Waals surface area contributed by atoms with Crippen molar-refractivity contribution in [2.75, 3.05) is 0 Å². The van der Waals surface area contributed by atoms with E-state index in [-0.39, 0.29) is 6.10 Å². The zero-order valence-corrected chi connectivity index (χ0v) is 20.7. The standard InChI is InChI=1S/C29H48O/c1-7-21(19(2)3)9-8-20(4)25-12-13-26-24-11-10-22-18-23(30)14-16-28(22,5)27(24)15-17-29(25,26)6/h8-10,19-21,23-27,30H,7,11-18H2,1-6H3/b9-8+/t20-,21-,23-,24-,25?,26-,27-,28-,29+/m0/s1. The number of fused-ring (bicyclic) bond motifs is 5. The van der Waals surface area contributed by atoms with Gasteiger partial charge in [-0.2, -0.15) is 0 Å². The zero-order chi connectivity index (χ0) is 21.7. The highest BCUT2D eigenvalue weighted by atomic mass is 16.3. The van der Waals surface area contributed by atoms with Gasteiger partial charge in [0.2, 0.25) is 0 Å². The van der Waals surface area contributed by atoms with Gasteiger partial charge < -0.3 is 5.11 Å². The van der Waals surface area contributed by atoms with Gasteiger partial charge in [0.15, 0.2) is 0 Å². The second-order valence-corrected chi connectivity index (χ2v) is 12.4. The molecule has 0 saturated heterocycles. The summed E-state index contributed by atoms with van der Waals surface area (Å²) in [7, 11) is 0. The minimum Gasteiger partial charge on any atom is -0.393 e. The average molecular weight is 413 g/mol. The number of rotatable bonds is 5. The Labute approximate surface area is 186 Å². The molecular weight excluding hydrogens is 364 g/mol. The molecule has 4 aliphatic carbocycles. The first-order valence-corrected chi connectivity index (χ1v) is 13.3. The lowest BCUT2D eigenvalue weighted by Gasteiger charge is -2.58. The normalized spacial score (nSPS) is 45.6. The van der Waals surface area contributed by atoms with Crippen molar-refractivity contribution in [2.45, 2.75) is 105 Å². The summed E-state index contributed by atoms with van der Waals surface area (Å²) in [4.78, 5) is 0. The lowest BCUT2D eigenvalue weighted by atomic mass is 9.47. The van der Waals surface area contributed by atoms with Crippen molar-refractivity contribution in [3.8, 4) is 0 Å². The van der Waals surface area contributed by atoms with E-state index < -0.39 is 0 Å². The molecule has 3 fully saturated rings. The van der Waals surface area contributed by atoms with Crippen LogP contribution in [0.1, 0.15) is 99.3 Å². The molecule has 30 heavy (non-hydrogen) atoms. The summed E-state index contributed by atoms with van der Waals surface area (Å²) in [6.45, 7) is 14.8. The molecule has 9 atom stereocenters. The molecule has 170 valence electrons. The van der Waals surface area contributed by atoms with Crippen molar-refractivity contribution < 1.29 is 5.11 Å². The van der Waals surface area contributed by atoms with Gasteiger partial charge in [-0.25, -0.2) is 0 Å². The molecule has 1 heteroatoms. The number of hydrogen-bond acceptors (Lipinski definition) is 1. The van der Waals surface area contributed by atoms with Crippen LogP contribution in [0.3, 0.4) is 0 Å². The number of hydrogen-bond donors (Lipinski definition) is 1. The molecule has 0 bridgehead atoms. The Balaban J connectivity index is 1.52. The van der Waals surface area contributed by atoms with E-state index in [1.807, 2.05) is 0 Å². The molecule has 0 aromatic heterocycles. The zero-order valence-electron chi connectivity index (χ0n) is 20.7. The number of allylic oxidation sites excluding steroid dienone is 3. The second-order valence-electron chi connectivity index (χ2n) is 12.4. The molecule has 0 amide bonds. The fraction of sp³-hybridized carbons (Fsp3) is 0.862. The number of aliphatic hydroxyl groups is 1. The van der Waals surface area contributed by atoms with Gasteiger partial charge in [-0.3, -0.25) is 0 Å². The van der Waals surface area contributed by atoms with Gasteiger partial charge in [-0.05, 0) is 110 Å². The van der Waals surface area contributed by atoms with E-state index in [4.69, 9.17) is 0 Å². The molecule has 1 nitrogen and oxygen atoms in total. The Bertz CT molecular complexity index is 674. The Hall–Kier alpha value is -0.560. The minimum absolute atomic E-state index is 0.0870. The van der Waals surface area contributed by atoms with E-state index in [1.54, 1.807) is 5.57 Å².